The molecule has 33 heavy (non-hydrogen) atoms. The second-order valence-corrected chi connectivity index (χ2v) is 10.7. The Kier molecular flexibility index (Phi) is 6.69. The number of halogens is 1. The molecule has 0 radical (unpaired) electrons. The maximum absolute atomic E-state index is 13.3. The van der Waals surface area contributed by atoms with Gasteiger partial charge in [0.1, 0.15) is 11.5 Å². The van der Waals surface area contributed by atoms with Gasteiger partial charge in [-0.15, -0.1) is 0 Å². The number of methoxy groups -OCH3 is 2. The molecule has 170 valence electrons. The Morgan fingerprint density at radius 2 is 1.67 bits per heavy atom. The van der Waals surface area contributed by atoms with Crippen molar-refractivity contribution < 1.29 is 22.7 Å². The van der Waals surface area contributed by atoms with Crippen molar-refractivity contribution in [3.8, 4) is 11.5 Å². The summed E-state index contributed by atoms with van der Waals surface area (Å²) in [6.07, 6.45) is 1.74. The molecule has 0 bridgehead atoms. The molecule has 0 aromatic heterocycles. The predicted molar refractivity (Wildman–Crippen MR) is 131 cm³/mol. The van der Waals surface area contributed by atoms with Crippen LogP contribution in [-0.2, 0) is 20.4 Å². The number of amides is 1. The Hall–Kier alpha value is -2.94. The molecular weight excluding hydrogens is 482 g/mol. The van der Waals surface area contributed by atoms with Gasteiger partial charge in [0.15, 0.2) is 9.84 Å². The molecule has 9 heteroatoms. The Morgan fingerprint density at radius 1 is 1.00 bits per heavy atom. The molecule has 3 aromatic carbocycles. The fourth-order valence-electron chi connectivity index (χ4n) is 3.38. The number of benzene rings is 3. The summed E-state index contributed by atoms with van der Waals surface area (Å²) in [7, 11) is -0.759. The van der Waals surface area contributed by atoms with E-state index in [2.05, 4.69) is 5.32 Å². The van der Waals surface area contributed by atoms with Crippen molar-refractivity contribution in [2.24, 2.45) is 0 Å². The fourth-order valence-corrected chi connectivity index (χ4v) is 5.98. The zero-order chi connectivity index (χ0) is 23.6. The van der Waals surface area contributed by atoms with E-state index in [-0.39, 0.29) is 16.6 Å². The van der Waals surface area contributed by atoms with Crippen LogP contribution in [0.15, 0.2) is 75.4 Å². The number of rotatable bonds is 6. The topological polar surface area (TPSA) is 81.7 Å². The molecule has 1 amide bonds. The average Bonchev–Trinajstić information content (AvgIpc) is 2.80. The number of fused-ring (bicyclic) bond motifs is 1. The van der Waals surface area contributed by atoms with E-state index in [1.54, 1.807) is 60.7 Å². The van der Waals surface area contributed by atoms with Crippen molar-refractivity contribution in [2.75, 3.05) is 19.5 Å². The van der Waals surface area contributed by atoms with Gasteiger partial charge in [-0.2, -0.15) is 0 Å². The van der Waals surface area contributed by atoms with E-state index in [9.17, 15) is 13.2 Å². The summed E-state index contributed by atoms with van der Waals surface area (Å²) in [5.74, 6) is 0.331. The Balaban J connectivity index is 1.66. The summed E-state index contributed by atoms with van der Waals surface area (Å²) in [5.41, 5.74) is 1.82. The molecule has 3 aromatic rings. The van der Waals surface area contributed by atoms with Gasteiger partial charge in [-0.1, -0.05) is 41.6 Å². The number of anilines is 1. The lowest BCUT2D eigenvalue weighted by molar-refractivity contribution is -0.112. The number of carbonyl (C=O) groups is 1. The van der Waals surface area contributed by atoms with E-state index in [1.165, 1.54) is 32.0 Å². The summed E-state index contributed by atoms with van der Waals surface area (Å²) in [6, 6.07) is 16.9. The van der Waals surface area contributed by atoms with Crippen LogP contribution >= 0.6 is 23.4 Å². The quantitative estimate of drug-likeness (QED) is 0.454. The van der Waals surface area contributed by atoms with Gasteiger partial charge >= 0.3 is 0 Å². The minimum atomic E-state index is -3.73. The standard InChI is InChI=1S/C24H20ClNO5S2/c1-30-20-4-3-5-21(31-2)18(20)14-33(28,29)17-10-11-19-22(13-17)32-23(24(27)26-19)12-15-6-8-16(25)9-7-15/h3-13H,14H2,1-2H3,(H,26,27). The van der Waals surface area contributed by atoms with Gasteiger partial charge < -0.3 is 14.8 Å². The van der Waals surface area contributed by atoms with Crippen LogP contribution in [0.4, 0.5) is 5.69 Å². The first-order chi connectivity index (χ1) is 15.8. The molecule has 4 rings (SSSR count). The Labute approximate surface area is 201 Å². The predicted octanol–water partition coefficient (Wildman–Crippen LogP) is 5.42. The molecule has 0 unspecified atom stereocenters. The zero-order valence-electron chi connectivity index (χ0n) is 17.8. The largest absolute Gasteiger partial charge is 0.496 e. The van der Waals surface area contributed by atoms with E-state index >= 15 is 0 Å². The Bertz CT molecular complexity index is 1330. The normalized spacial score (nSPS) is 14.5. The summed E-state index contributed by atoms with van der Waals surface area (Å²) in [6.45, 7) is 0. The van der Waals surface area contributed by atoms with Crippen molar-refractivity contribution in [3.63, 3.8) is 0 Å². The Morgan fingerprint density at radius 3 is 2.30 bits per heavy atom. The lowest BCUT2D eigenvalue weighted by Crippen LogP contribution is -2.17. The third-order valence-corrected chi connectivity index (χ3v) is 8.01. The summed E-state index contributed by atoms with van der Waals surface area (Å²) >= 11 is 7.15. The summed E-state index contributed by atoms with van der Waals surface area (Å²) < 4.78 is 37.2. The molecule has 0 atom stereocenters. The lowest BCUT2D eigenvalue weighted by Gasteiger charge is -2.20. The van der Waals surface area contributed by atoms with Crippen molar-refractivity contribution in [2.45, 2.75) is 15.5 Å². The number of ether oxygens (including phenoxy) is 2. The highest BCUT2D eigenvalue weighted by Gasteiger charge is 2.26. The highest BCUT2D eigenvalue weighted by atomic mass is 35.5. The van der Waals surface area contributed by atoms with Crippen LogP contribution < -0.4 is 14.8 Å². The van der Waals surface area contributed by atoms with Crippen LogP contribution in [0, 0.1) is 0 Å². The molecule has 1 aliphatic rings. The van der Waals surface area contributed by atoms with Gasteiger partial charge in [0.25, 0.3) is 5.91 Å². The van der Waals surface area contributed by atoms with Gasteiger partial charge in [-0.25, -0.2) is 8.42 Å². The van der Waals surface area contributed by atoms with E-state index in [4.69, 9.17) is 21.1 Å². The summed E-state index contributed by atoms with van der Waals surface area (Å²) in [4.78, 5) is 13.8. The second kappa shape index (κ2) is 9.51. The molecule has 1 heterocycles. The van der Waals surface area contributed by atoms with Gasteiger partial charge in [0.05, 0.1) is 41.0 Å². The number of thioether (sulfide) groups is 1. The first kappa shape index (κ1) is 23.2. The molecule has 0 saturated carbocycles. The van der Waals surface area contributed by atoms with Crippen LogP contribution in [-0.4, -0.2) is 28.5 Å². The van der Waals surface area contributed by atoms with Gasteiger partial charge in [0, 0.05) is 9.92 Å². The average molecular weight is 502 g/mol. The molecule has 1 N–H and O–H groups in total. The SMILES string of the molecule is COc1cccc(OC)c1CS(=O)(=O)c1ccc2c(c1)SC(=Cc1ccc(Cl)cc1)C(=O)N2. The van der Waals surface area contributed by atoms with E-state index < -0.39 is 9.84 Å². The highest BCUT2D eigenvalue weighted by Crippen LogP contribution is 2.41. The van der Waals surface area contributed by atoms with Crippen LogP contribution in [0.3, 0.4) is 0 Å². The van der Waals surface area contributed by atoms with Crippen LogP contribution in [0.1, 0.15) is 11.1 Å². The third kappa shape index (κ3) is 5.03. The van der Waals surface area contributed by atoms with Crippen LogP contribution in [0.2, 0.25) is 5.02 Å². The number of hydrogen-bond acceptors (Lipinski definition) is 6. The van der Waals surface area contributed by atoms with Crippen molar-refractivity contribution in [1.82, 2.24) is 0 Å². The number of sulfone groups is 1. The van der Waals surface area contributed by atoms with E-state index in [1.807, 2.05) is 0 Å². The minimum Gasteiger partial charge on any atom is -0.496 e. The zero-order valence-corrected chi connectivity index (χ0v) is 20.2. The van der Waals surface area contributed by atoms with E-state index in [0.29, 0.717) is 37.6 Å². The lowest BCUT2D eigenvalue weighted by atomic mass is 10.2. The summed E-state index contributed by atoms with van der Waals surface area (Å²) in [5, 5.41) is 3.42. The first-order valence-electron chi connectivity index (χ1n) is 9.84. The van der Waals surface area contributed by atoms with Crippen LogP contribution in [0.5, 0.6) is 11.5 Å². The number of hydrogen-bond donors (Lipinski definition) is 1. The second-order valence-electron chi connectivity index (χ2n) is 7.17. The maximum atomic E-state index is 13.3. The third-order valence-electron chi connectivity index (χ3n) is 5.04. The van der Waals surface area contributed by atoms with Gasteiger partial charge in [-0.05, 0) is 54.1 Å². The number of nitrogens with one attached hydrogen (secondary N) is 1. The molecular formula is C24H20ClNO5S2. The van der Waals surface area contributed by atoms with E-state index in [0.717, 1.165) is 5.56 Å². The van der Waals surface area contributed by atoms with Gasteiger partial charge in [-0.3, -0.25) is 4.79 Å². The van der Waals surface area contributed by atoms with Crippen molar-refractivity contribution in [1.29, 1.82) is 0 Å². The molecule has 0 saturated heterocycles. The first-order valence-corrected chi connectivity index (χ1v) is 12.7. The minimum absolute atomic E-state index is 0.142. The maximum Gasteiger partial charge on any atom is 0.262 e. The van der Waals surface area contributed by atoms with Crippen molar-refractivity contribution >= 4 is 50.9 Å². The molecule has 0 aliphatic carbocycles. The van der Waals surface area contributed by atoms with Crippen molar-refractivity contribution in [3.05, 3.63) is 81.7 Å². The molecule has 0 fully saturated rings. The smallest absolute Gasteiger partial charge is 0.262 e. The number of carbonyl (C=O) groups excluding carboxylic acids is 1. The molecule has 6 nitrogen and oxygen atoms in total. The van der Waals surface area contributed by atoms with Crippen LogP contribution in [0.25, 0.3) is 6.08 Å². The fraction of sp³-hybridized carbons (Fsp3) is 0.125. The molecule has 1 aliphatic heterocycles. The monoisotopic (exact) mass is 501 g/mol. The van der Waals surface area contributed by atoms with Gasteiger partial charge in [0.2, 0.25) is 0 Å². The highest BCUT2D eigenvalue weighted by molar-refractivity contribution is 8.04. The molecule has 0 spiro atoms.